The Morgan fingerprint density at radius 1 is 1.30 bits per heavy atom. The minimum atomic E-state index is -1.16. The Labute approximate surface area is 121 Å². The van der Waals surface area contributed by atoms with E-state index in [4.69, 9.17) is 5.11 Å². The summed E-state index contributed by atoms with van der Waals surface area (Å²) in [5.41, 5.74) is 0.887. The molecule has 5 nitrogen and oxygen atoms in total. The normalized spacial score (nSPS) is 12.1. The van der Waals surface area contributed by atoms with E-state index in [2.05, 4.69) is 5.32 Å². The molecular weight excluding hydrogens is 278 g/mol. The molecule has 0 heterocycles. The summed E-state index contributed by atoms with van der Waals surface area (Å²) in [4.78, 5) is 33.3. The lowest BCUT2D eigenvalue weighted by molar-refractivity contribution is -0.140. The second-order valence-corrected chi connectivity index (χ2v) is 4.99. The van der Waals surface area contributed by atoms with E-state index in [1.54, 1.807) is 6.08 Å². The third-order valence-electron chi connectivity index (χ3n) is 2.28. The molecule has 0 aliphatic carbocycles. The standard InChI is InChI=1S/C14H15NO4S/c1-10(16)15-12(14(18)19)9-20-13(17)8-7-11-5-3-2-4-6-11/h2-8,12H,9H2,1H3,(H,15,16)(H,18,19)/b8-7+/t12-/m0/s1. The third-order valence-corrected chi connectivity index (χ3v) is 3.20. The van der Waals surface area contributed by atoms with E-state index >= 15 is 0 Å². The second kappa shape index (κ2) is 8.16. The van der Waals surface area contributed by atoms with Gasteiger partial charge in [-0.1, -0.05) is 48.2 Å². The van der Waals surface area contributed by atoms with Crippen LogP contribution in [-0.2, 0) is 14.4 Å². The van der Waals surface area contributed by atoms with Gasteiger partial charge in [0.05, 0.1) is 0 Å². The van der Waals surface area contributed by atoms with E-state index in [1.165, 1.54) is 13.0 Å². The van der Waals surface area contributed by atoms with Crippen LogP contribution in [0.2, 0.25) is 0 Å². The zero-order chi connectivity index (χ0) is 15.0. The molecule has 1 aromatic carbocycles. The number of benzene rings is 1. The van der Waals surface area contributed by atoms with Crippen molar-refractivity contribution in [2.24, 2.45) is 0 Å². The lowest BCUT2D eigenvalue weighted by Gasteiger charge is -2.11. The van der Waals surface area contributed by atoms with Crippen LogP contribution in [0.1, 0.15) is 12.5 Å². The summed E-state index contributed by atoms with van der Waals surface area (Å²) in [7, 11) is 0. The average Bonchev–Trinajstić information content (AvgIpc) is 2.41. The molecule has 0 radical (unpaired) electrons. The predicted molar refractivity (Wildman–Crippen MR) is 78.2 cm³/mol. The third kappa shape index (κ3) is 6.19. The van der Waals surface area contributed by atoms with E-state index in [0.717, 1.165) is 17.3 Å². The van der Waals surface area contributed by atoms with Crippen LogP contribution in [0.5, 0.6) is 0 Å². The van der Waals surface area contributed by atoms with Gasteiger partial charge in [0.1, 0.15) is 6.04 Å². The molecular formula is C14H15NO4S. The number of nitrogens with one attached hydrogen (secondary N) is 1. The molecule has 6 heteroatoms. The molecule has 0 aliphatic heterocycles. The van der Waals surface area contributed by atoms with Gasteiger partial charge in [0.25, 0.3) is 0 Å². The quantitative estimate of drug-likeness (QED) is 0.777. The van der Waals surface area contributed by atoms with Gasteiger partial charge in [0.15, 0.2) is 0 Å². The number of carbonyl (C=O) groups excluding carboxylic acids is 2. The fourth-order valence-electron chi connectivity index (χ4n) is 1.36. The van der Waals surface area contributed by atoms with Crippen molar-refractivity contribution in [2.75, 3.05) is 5.75 Å². The first-order chi connectivity index (χ1) is 9.49. The first-order valence-electron chi connectivity index (χ1n) is 5.89. The van der Waals surface area contributed by atoms with Crippen LogP contribution in [-0.4, -0.2) is 33.9 Å². The van der Waals surface area contributed by atoms with Gasteiger partial charge in [-0.15, -0.1) is 0 Å². The van der Waals surface area contributed by atoms with Gasteiger partial charge in [-0.25, -0.2) is 4.79 Å². The first kappa shape index (κ1) is 16.0. The van der Waals surface area contributed by atoms with Crippen molar-refractivity contribution in [1.29, 1.82) is 0 Å². The van der Waals surface area contributed by atoms with Crippen molar-refractivity contribution in [3.8, 4) is 0 Å². The monoisotopic (exact) mass is 293 g/mol. The number of aliphatic carboxylic acids is 1. The molecule has 1 aromatic rings. The summed E-state index contributed by atoms with van der Waals surface area (Å²) in [5, 5.41) is 10.9. The van der Waals surface area contributed by atoms with E-state index in [1.807, 2.05) is 30.3 Å². The maximum absolute atomic E-state index is 11.6. The summed E-state index contributed by atoms with van der Waals surface area (Å²) < 4.78 is 0. The molecule has 106 valence electrons. The molecule has 0 aromatic heterocycles. The lowest BCUT2D eigenvalue weighted by atomic mass is 10.2. The van der Waals surface area contributed by atoms with Crippen molar-refractivity contribution < 1.29 is 19.5 Å². The van der Waals surface area contributed by atoms with Crippen LogP contribution in [0.15, 0.2) is 36.4 Å². The van der Waals surface area contributed by atoms with Gasteiger partial charge < -0.3 is 10.4 Å². The highest BCUT2D eigenvalue weighted by molar-refractivity contribution is 8.14. The van der Waals surface area contributed by atoms with Crippen molar-refractivity contribution in [2.45, 2.75) is 13.0 Å². The summed E-state index contributed by atoms with van der Waals surface area (Å²) in [6.45, 7) is 1.23. The topological polar surface area (TPSA) is 83.5 Å². The number of carboxylic acids is 1. The zero-order valence-electron chi connectivity index (χ0n) is 10.9. The van der Waals surface area contributed by atoms with Crippen LogP contribution >= 0.6 is 11.8 Å². The van der Waals surface area contributed by atoms with E-state index < -0.39 is 17.9 Å². The highest BCUT2D eigenvalue weighted by Crippen LogP contribution is 2.09. The van der Waals surface area contributed by atoms with E-state index in [9.17, 15) is 14.4 Å². The summed E-state index contributed by atoms with van der Waals surface area (Å²) in [6, 6.07) is 8.23. The SMILES string of the molecule is CC(=O)N[C@@H](CSC(=O)/C=C/c1ccccc1)C(=O)O. The lowest BCUT2D eigenvalue weighted by Crippen LogP contribution is -2.41. The summed E-state index contributed by atoms with van der Waals surface area (Å²) >= 11 is 0.853. The van der Waals surface area contributed by atoms with Gasteiger partial charge in [-0.3, -0.25) is 9.59 Å². The number of carbonyl (C=O) groups is 3. The fourth-order valence-corrected chi connectivity index (χ4v) is 2.08. The highest BCUT2D eigenvalue weighted by Gasteiger charge is 2.19. The summed E-state index contributed by atoms with van der Waals surface area (Å²) in [6.07, 6.45) is 3.04. The predicted octanol–water partition coefficient (Wildman–Crippen LogP) is 1.55. The van der Waals surface area contributed by atoms with Crippen LogP contribution in [0, 0.1) is 0 Å². The van der Waals surface area contributed by atoms with E-state index in [-0.39, 0.29) is 10.9 Å². The minimum Gasteiger partial charge on any atom is -0.480 e. The van der Waals surface area contributed by atoms with Gasteiger partial charge in [-0.05, 0) is 11.6 Å². The average molecular weight is 293 g/mol. The van der Waals surface area contributed by atoms with Crippen molar-refractivity contribution in [3.05, 3.63) is 42.0 Å². The molecule has 0 saturated heterocycles. The number of amides is 1. The smallest absolute Gasteiger partial charge is 0.327 e. The molecule has 0 unspecified atom stereocenters. The number of hydrogen-bond acceptors (Lipinski definition) is 4. The zero-order valence-corrected chi connectivity index (χ0v) is 11.7. The summed E-state index contributed by atoms with van der Waals surface area (Å²) in [5.74, 6) is -1.61. The number of carboxylic acid groups (broad SMARTS) is 1. The Hall–Kier alpha value is -2.08. The largest absolute Gasteiger partial charge is 0.480 e. The van der Waals surface area contributed by atoms with Gasteiger partial charge >= 0.3 is 5.97 Å². The molecule has 0 aliphatic rings. The second-order valence-electron chi connectivity index (χ2n) is 3.97. The fraction of sp³-hybridized carbons (Fsp3) is 0.214. The van der Waals surface area contributed by atoms with Crippen LogP contribution in [0.4, 0.5) is 0 Å². The first-order valence-corrected chi connectivity index (χ1v) is 6.87. The van der Waals surface area contributed by atoms with Crippen molar-refractivity contribution in [3.63, 3.8) is 0 Å². The molecule has 0 fully saturated rings. The maximum atomic E-state index is 11.6. The Morgan fingerprint density at radius 3 is 2.50 bits per heavy atom. The molecule has 0 saturated carbocycles. The Balaban J connectivity index is 2.47. The minimum absolute atomic E-state index is 0.00707. The van der Waals surface area contributed by atoms with Crippen molar-refractivity contribution in [1.82, 2.24) is 5.32 Å². The maximum Gasteiger partial charge on any atom is 0.327 e. The van der Waals surface area contributed by atoms with Crippen LogP contribution < -0.4 is 5.32 Å². The Bertz CT molecular complexity index is 513. The molecule has 2 N–H and O–H groups in total. The number of thioether (sulfide) groups is 1. The van der Waals surface area contributed by atoms with Gasteiger partial charge in [-0.2, -0.15) is 0 Å². The van der Waals surface area contributed by atoms with Crippen LogP contribution in [0.25, 0.3) is 6.08 Å². The molecule has 0 spiro atoms. The van der Waals surface area contributed by atoms with Gasteiger partial charge in [0.2, 0.25) is 11.0 Å². The highest BCUT2D eigenvalue weighted by atomic mass is 32.2. The molecule has 1 amide bonds. The Morgan fingerprint density at radius 2 is 1.95 bits per heavy atom. The van der Waals surface area contributed by atoms with Gasteiger partial charge in [0, 0.05) is 12.7 Å². The van der Waals surface area contributed by atoms with Crippen molar-refractivity contribution >= 4 is 34.8 Å². The Kier molecular flexibility index (Phi) is 6.52. The molecule has 20 heavy (non-hydrogen) atoms. The number of rotatable bonds is 6. The molecule has 1 atom stereocenters. The van der Waals surface area contributed by atoms with Crippen LogP contribution in [0.3, 0.4) is 0 Å². The van der Waals surface area contributed by atoms with E-state index in [0.29, 0.717) is 0 Å². The number of hydrogen-bond donors (Lipinski definition) is 2. The molecule has 1 rings (SSSR count). The molecule has 0 bridgehead atoms.